The van der Waals surface area contributed by atoms with E-state index < -0.39 is 88.3 Å². The van der Waals surface area contributed by atoms with Gasteiger partial charge in [-0.1, -0.05) is 6.07 Å². The zero-order valence-electron chi connectivity index (χ0n) is 34.9. The van der Waals surface area contributed by atoms with Gasteiger partial charge in [-0.15, -0.1) is 5.10 Å². The first-order valence-electron chi connectivity index (χ1n) is 18.4. The maximum atomic E-state index is 13.7. The van der Waals surface area contributed by atoms with E-state index in [0.29, 0.717) is 15.4 Å². The molecule has 0 amide bonds. The minimum atomic E-state index is -1.55. The van der Waals surface area contributed by atoms with Crippen molar-refractivity contribution in [1.29, 1.82) is 0 Å². The number of hydrogen-bond acceptors (Lipinski definition) is 13. The summed E-state index contributed by atoms with van der Waals surface area (Å²) in [6.45, 7) is 24.9. The van der Waals surface area contributed by atoms with Crippen LogP contribution in [0.15, 0.2) is 22.7 Å². The Labute approximate surface area is 332 Å². The second-order valence-corrected chi connectivity index (χ2v) is 19.8. The van der Waals surface area contributed by atoms with Gasteiger partial charge < -0.3 is 33.2 Å². The van der Waals surface area contributed by atoms with Gasteiger partial charge >= 0.3 is 29.8 Å². The normalized spacial score (nSPS) is 21.1. The van der Waals surface area contributed by atoms with Crippen LogP contribution in [-0.2, 0) is 58.9 Å². The molecular weight excluding hydrogens is 780 g/mol. The smallest absolute Gasteiger partial charge is 0.311 e. The Hall–Kier alpha value is -3.72. The van der Waals surface area contributed by atoms with E-state index in [1.807, 2.05) is 0 Å². The molecule has 0 bridgehead atoms. The average Bonchev–Trinajstić information content (AvgIpc) is 3.37. The summed E-state index contributed by atoms with van der Waals surface area (Å²) >= 11 is 3.59. The molecule has 1 aliphatic rings. The molecule has 2 aromatic rings. The van der Waals surface area contributed by atoms with E-state index in [2.05, 4.69) is 15.9 Å². The Morgan fingerprint density at radius 1 is 0.655 bits per heavy atom. The molecule has 1 fully saturated rings. The highest BCUT2D eigenvalue weighted by molar-refractivity contribution is 9.10. The standard InChI is InChI=1S/C40H59BrN2O12/c1-36(2,3)31(44)49-20-19-43-23-18-16-17-22(41)25(23)29(42-43)55-30-28(54-35(48)40(13,14)15)27(53-34(47)39(10,11)12)26(52-33(46)38(7,8)9)24(51-30)21-50-32(45)37(4,5)6/h16-18,24,26-28,30H,19-21H2,1-15H3/t24-,26-,27+,28-,30?/m1/s1. The minimum absolute atomic E-state index is 0.0114. The molecule has 1 saturated heterocycles. The fourth-order valence-electron chi connectivity index (χ4n) is 4.74. The summed E-state index contributed by atoms with van der Waals surface area (Å²) in [5.41, 5.74) is -4.10. The monoisotopic (exact) mass is 838 g/mol. The summed E-state index contributed by atoms with van der Waals surface area (Å²) in [5, 5.41) is 5.20. The third kappa shape index (κ3) is 11.9. The number of fused-ring (bicyclic) bond motifs is 1. The van der Waals surface area contributed by atoms with Gasteiger partial charge in [-0.05, 0) is 132 Å². The van der Waals surface area contributed by atoms with Gasteiger partial charge in [0.15, 0.2) is 12.2 Å². The molecule has 5 atom stereocenters. The number of esters is 5. The van der Waals surface area contributed by atoms with Crippen molar-refractivity contribution in [3.63, 3.8) is 0 Å². The number of carbonyl (C=O) groups is 5. The number of rotatable bonds is 10. The van der Waals surface area contributed by atoms with Crippen LogP contribution in [0.3, 0.4) is 0 Å². The van der Waals surface area contributed by atoms with Crippen LogP contribution in [0.1, 0.15) is 104 Å². The van der Waals surface area contributed by atoms with Crippen molar-refractivity contribution in [2.45, 2.75) is 141 Å². The van der Waals surface area contributed by atoms with Crippen LogP contribution >= 0.6 is 15.9 Å². The summed E-state index contributed by atoms with van der Waals surface area (Å²) in [4.78, 5) is 66.4. The van der Waals surface area contributed by atoms with Crippen LogP contribution in [0, 0.1) is 27.1 Å². The second-order valence-electron chi connectivity index (χ2n) is 18.9. The SMILES string of the molecule is CC(C)(C)C(=O)OCCn1nc(OC2O[C@H](COC(=O)C(C)(C)C)[C@@H](OC(=O)C(C)(C)C)[C@H](OC(=O)C(C)(C)C)[C@H]2OC(=O)C(C)(C)C)c2c(Br)cccc21. The van der Waals surface area contributed by atoms with Gasteiger partial charge in [0.1, 0.15) is 19.3 Å². The van der Waals surface area contributed by atoms with Crippen LogP contribution in [0.4, 0.5) is 0 Å². The van der Waals surface area contributed by atoms with Gasteiger partial charge in [0.05, 0.1) is 44.5 Å². The van der Waals surface area contributed by atoms with Gasteiger partial charge in [0.2, 0.25) is 18.3 Å². The molecule has 14 nitrogen and oxygen atoms in total. The molecule has 0 aliphatic carbocycles. The highest BCUT2D eigenvalue weighted by Gasteiger charge is 2.56. The van der Waals surface area contributed by atoms with Crippen molar-refractivity contribution < 1.29 is 57.1 Å². The van der Waals surface area contributed by atoms with Crippen molar-refractivity contribution >= 4 is 56.7 Å². The molecule has 2 heterocycles. The first-order valence-corrected chi connectivity index (χ1v) is 19.2. The number of ether oxygens (including phenoxy) is 7. The first-order chi connectivity index (χ1) is 24.9. The van der Waals surface area contributed by atoms with Crippen molar-refractivity contribution in [2.75, 3.05) is 13.2 Å². The number of carbonyl (C=O) groups excluding carboxylic acids is 5. The molecule has 1 unspecified atom stereocenters. The molecule has 15 heteroatoms. The largest absolute Gasteiger partial charge is 0.463 e. The van der Waals surface area contributed by atoms with E-state index in [-0.39, 0.29) is 25.0 Å². The van der Waals surface area contributed by atoms with Crippen LogP contribution in [0.25, 0.3) is 10.9 Å². The van der Waals surface area contributed by atoms with Gasteiger partial charge in [0, 0.05) is 4.47 Å². The zero-order valence-corrected chi connectivity index (χ0v) is 36.5. The molecule has 0 N–H and O–H groups in total. The van der Waals surface area contributed by atoms with Gasteiger partial charge in [-0.3, -0.25) is 28.7 Å². The van der Waals surface area contributed by atoms with E-state index in [1.54, 1.807) is 127 Å². The van der Waals surface area contributed by atoms with Gasteiger partial charge in [0.25, 0.3) is 0 Å². The fraction of sp³-hybridized carbons (Fsp3) is 0.700. The summed E-state index contributed by atoms with van der Waals surface area (Å²) in [6.07, 6.45) is -7.29. The average molecular weight is 840 g/mol. The number of halogens is 1. The molecule has 308 valence electrons. The highest BCUT2D eigenvalue weighted by Crippen LogP contribution is 2.38. The summed E-state index contributed by atoms with van der Waals surface area (Å²) < 4.78 is 44.6. The summed E-state index contributed by atoms with van der Waals surface area (Å²) in [5.74, 6) is -2.98. The topological polar surface area (TPSA) is 168 Å². The predicted octanol–water partition coefficient (Wildman–Crippen LogP) is 6.95. The summed E-state index contributed by atoms with van der Waals surface area (Å²) in [6, 6.07) is 5.38. The number of nitrogens with zero attached hydrogens (tertiary/aromatic N) is 2. The van der Waals surface area contributed by atoms with E-state index in [1.165, 1.54) is 0 Å². The van der Waals surface area contributed by atoms with Crippen LogP contribution in [-0.4, -0.2) is 83.5 Å². The number of aromatic nitrogens is 2. The number of benzene rings is 1. The maximum absolute atomic E-state index is 13.7. The fourth-order valence-corrected chi connectivity index (χ4v) is 5.27. The third-order valence-corrected chi connectivity index (χ3v) is 8.88. The lowest BCUT2D eigenvalue weighted by atomic mass is 9.93. The molecule has 0 spiro atoms. The van der Waals surface area contributed by atoms with E-state index in [4.69, 9.17) is 38.3 Å². The maximum Gasteiger partial charge on any atom is 0.311 e. The van der Waals surface area contributed by atoms with E-state index in [0.717, 1.165) is 0 Å². The van der Waals surface area contributed by atoms with Gasteiger partial charge in [-0.25, -0.2) is 0 Å². The molecule has 1 aliphatic heterocycles. The lowest BCUT2D eigenvalue weighted by Crippen LogP contribution is -2.65. The Kier molecular flexibility index (Phi) is 13.9. The second kappa shape index (κ2) is 16.8. The molecule has 0 radical (unpaired) electrons. The van der Waals surface area contributed by atoms with Crippen LogP contribution in [0.5, 0.6) is 5.88 Å². The van der Waals surface area contributed by atoms with Crippen molar-refractivity contribution in [3.8, 4) is 5.88 Å². The Morgan fingerprint density at radius 2 is 1.11 bits per heavy atom. The third-order valence-electron chi connectivity index (χ3n) is 8.22. The minimum Gasteiger partial charge on any atom is -0.463 e. The van der Waals surface area contributed by atoms with E-state index >= 15 is 0 Å². The highest BCUT2D eigenvalue weighted by atomic mass is 79.9. The van der Waals surface area contributed by atoms with E-state index in [9.17, 15) is 24.0 Å². The molecule has 3 rings (SSSR count). The first kappa shape index (κ1) is 45.7. The van der Waals surface area contributed by atoms with Gasteiger partial charge in [-0.2, -0.15) is 0 Å². The molecule has 0 saturated carbocycles. The number of hydrogen-bond donors (Lipinski definition) is 0. The Morgan fingerprint density at radius 3 is 1.60 bits per heavy atom. The molecule has 55 heavy (non-hydrogen) atoms. The van der Waals surface area contributed by atoms with Crippen LogP contribution in [0.2, 0.25) is 0 Å². The predicted molar refractivity (Wildman–Crippen MR) is 206 cm³/mol. The summed E-state index contributed by atoms with van der Waals surface area (Å²) in [7, 11) is 0. The molecule has 1 aromatic heterocycles. The lowest BCUT2D eigenvalue weighted by molar-refractivity contribution is -0.294. The van der Waals surface area contributed by atoms with Crippen LogP contribution < -0.4 is 4.74 Å². The van der Waals surface area contributed by atoms with Crippen molar-refractivity contribution in [3.05, 3.63) is 22.7 Å². The molecular formula is C40H59BrN2O12. The Balaban J connectivity index is 2.23. The zero-order chi connectivity index (χ0) is 42.1. The quantitative estimate of drug-likeness (QED) is 0.178. The van der Waals surface area contributed by atoms with Crippen molar-refractivity contribution in [1.82, 2.24) is 9.78 Å². The Bertz CT molecular complexity index is 1730. The lowest BCUT2D eigenvalue weighted by Gasteiger charge is -2.45. The van der Waals surface area contributed by atoms with Crippen molar-refractivity contribution in [2.24, 2.45) is 27.1 Å². The molecule has 1 aromatic carbocycles.